The van der Waals surface area contributed by atoms with Crippen molar-refractivity contribution in [3.05, 3.63) is 28.9 Å². The lowest BCUT2D eigenvalue weighted by atomic mass is 10.3. The molecule has 0 saturated heterocycles. The first-order chi connectivity index (χ1) is 9.01. The molecule has 2 rings (SSSR count). The van der Waals surface area contributed by atoms with E-state index in [4.69, 9.17) is 17.3 Å². The quantitative estimate of drug-likeness (QED) is 0.879. The zero-order chi connectivity index (χ0) is 14.0. The van der Waals surface area contributed by atoms with E-state index >= 15 is 0 Å². The van der Waals surface area contributed by atoms with Gasteiger partial charge in [0.05, 0.1) is 17.6 Å². The second-order valence-corrected chi connectivity index (χ2v) is 4.26. The number of aromatic nitrogens is 4. The van der Waals surface area contributed by atoms with Crippen LogP contribution in [-0.2, 0) is 13.5 Å². The van der Waals surface area contributed by atoms with Crippen molar-refractivity contribution in [3.8, 4) is 0 Å². The predicted molar refractivity (Wildman–Crippen MR) is 71.4 cm³/mol. The second kappa shape index (κ2) is 5.23. The number of nitrogens with zero attached hydrogens (tertiary/aromatic N) is 4. The third-order valence-electron chi connectivity index (χ3n) is 2.46. The number of primary amides is 1. The minimum atomic E-state index is -0.662. The van der Waals surface area contributed by atoms with E-state index in [1.807, 2.05) is 6.92 Å². The van der Waals surface area contributed by atoms with Gasteiger partial charge in [-0.05, 0) is 6.42 Å². The molecule has 0 aromatic carbocycles. The summed E-state index contributed by atoms with van der Waals surface area (Å²) in [5, 5.41) is 7.17. The van der Waals surface area contributed by atoms with Crippen LogP contribution in [0.2, 0.25) is 5.15 Å². The summed E-state index contributed by atoms with van der Waals surface area (Å²) in [7, 11) is 1.78. The summed E-state index contributed by atoms with van der Waals surface area (Å²) in [6.07, 6.45) is 3.89. The van der Waals surface area contributed by atoms with Crippen LogP contribution >= 0.6 is 11.6 Å². The molecule has 0 aliphatic heterocycles. The summed E-state index contributed by atoms with van der Waals surface area (Å²) in [5.41, 5.74) is 6.56. The molecule has 100 valence electrons. The van der Waals surface area contributed by atoms with Crippen LogP contribution < -0.4 is 11.1 Å². The normalized spacial score (nSPS) is 10.5. The largest absolute Gasteiger partial charge is 0.364 e. The van der Waals surface area contributed by atoms with Gasteiger partial charge in [-0.15, -0.1) is 0 Å². The molecule has 0 aliphatic rings. The van der Waals surface area contributed by atoms with Gasteiger partial charge in [-0.3, -0.25) is 9.48 Å². The molecule has 8 heteroatoms. The van der Waals surface area contributed by atoms with Crippen molar-refractivity contribution in [1.82, 2.24) is 19.7 Å². The first kappa shape index (κ1) is 13.3. The van der Waals surface area contributed by atoms with Gasteiger partial charge in [0.15, 0.2) is 16.7 Å². The lowest BCUT2D eigenvalue weighted by Crippen LogP contribution is -2.18. The molecule has 0 bridgehead atoms. The predicted octanol–water partition coefficient (Wildman–Crippen LogP) is 1.27. The number of carbonyl (C=O) groups excluding carboxylic acids is 1. The Morgan fingerprint density at radius 3 is 2.79 bits per heavy atom. The third kappa shape index (κ3) is 2.82. The molecular weight excluding hydrogens is 268 g/mol. The maximum Gasteiger partial charge on any atom is 0.271 e. The molecule has 0 saturated carbocycles. The molecule has 0 atom stereocenters. The van der Waals surface area contributed by atoms with Crippen molar-refractivity contribution in [1.29, 1.82) is 0 Å². The Hall–Kier alpha value is -2.15. The highest BCUT2D eigenvalue weighted by Gasteiger charge is 2.16. The van der Waals surface area contributed by atoms with Crippen molar-refractivity contribution in [3.63, 3.8) is 0 Å². The van der Waals surface area contributed by atoms with Crippen molar-refractivity contribution >= 4 is 29.0 Å². The number of carbonyl (C=O) groups is 1. The van der Waals surface area contributed by atoms with Gasteiger partial charge in [-0.25, -0.2) is 9.97 Å². The minimum Gasteiger partial charge on any atom is -0.364 e. The standard InChI is InChI=1S/C11H13ClN6O/c1-3-7-9(12)17-11(8(16-7)10(13)19)15-6-4-14-18(2)5-6/h4-5H,3H2,1-2H3,(H2,13,19)(H,15,17). The van der Waals surface area contributed by atoms with Crippen LogP contribution in [0.25, 0.3) is 0 Å². The first-order valence-electron chi connectivity index (χ1n) is 5.63. The van der Waals surface area contributed by atoms with Crippen LogP contribution in [0, 0.1) is 0 Å². The number of hydrogen-bond donors (Lipinski definition) is 2. The fraction of sp³-hybridized carbons (Fsp3) is 0.273. The van der Waals surface area contributed by atoms with E-state index in [0.29, 0.717) is 17.8 Å². The topological polar surface area (TPSA) is 98.7 Å². The van der Waals surface area contributed by atoms with E-state index in [2.05, 4.69) is 20.4 Å². The van der Waals surface area contributed by atoms with Gasteiger partial charge < -0.3 is 11.1 Å². The smallest absolute Gasteiger partial charge is 0.271 e. The Kier molecular flexibility index (Phi) is 3.66. The number of nitrogens with two attached hydrogens (primary N) is 1. The van der Waals surface area contributed by atoms with Crippen molar-refractivity contribution < 1.29 is 4.79 Å². The fourth-order valence-electron chi connectivity index (χ4n) is 1.56. The number of anilines is 2. The van der Waals surface area contributed by atoms with Crippen LogP contribution in [0.15, 0.2) is 12.4 Å². The Morgan fingerprint density at radius 1 is 1.53 bits per heavy atom. The van der Waals surface area contributed by atoms with E-state index in [1.165, 1.54) is 0 Å². The summed E-state index contributed by atoms with van der Waals surface area (Å²) >= 11 is 5.99. The third-order valence-corrected chi connectivity index (χ3v) is 2.76. The average molecular weight is 281 g/mol. The highest BCUT2D eigenvalue weighted by atomic mass is 35.5. The highest BCUT2D eigenvalue weighted by molar-refractivity contribution is 6.30. The van der Waals surface area contributed by atoms with E-state index in [9.17, 15) is 4.79 Å². The summed E-state index contributed by atoms with van der Waals surface area (Å²) in [5.74, 6) is -0.437. The summed E-state index contributed by atoms with van der Waals surface area (Å²) in [4.78, 5) is 19.7. The highest BCUT2D eigenvalue weighted by Crippen LogP contribution is 2.21. The maximum atomic E-state index is 11.4. The molecule has 2 aromatic rings. The molecule has 0 fully saturated rings. The Bertz CT molecular complexity index is 624. The van der Waals surface area contributed by atoms with Gasteiger partial charge in [-0.2, -0.15) is 5.10 Å². The Morgan fingerprint density at radius 2 is 2.26 bits per heavy atom. The lowest BCUT2D eigenvalue weighted by Gasteiger charge is -2.09. The van der Waals surface area contributed by atoms with Crippen molar-refractivity contribution in [2.75, 3.05) is 5.32 Å². The lowest BCUT2D eigenvalue weighted by molar-refractivity contribution is 0.0996. The molecule has 0 spiro atoms. The molecule has 2 heterocycles. The van der Waals surface area contributed by atoms with E-state index < -0.39 is 5.91 Å². The average Bonchev–Trinajstić information content (AvgIpc) is 2.74. The van der Waals surface area contributed by atoms with Crippen molar-refractivity contribution in [2.45, 2.75) is 13.3 Å². The van der Waals surface area contributed by atoms with Gasteiger partial charge in [0.25, 0.3) is 5.91 Å². The molecule has 3 N–H and O–H groups in total. The number of halogens is 1. The number of amides is 1. The van der Waals surface area contributed by atoms with Crippen molar-refractivity contribution in [2.24, 2.45) is 12.8 Å². The van der Waals surface area contributed by atoms with Crippen LogP contribution in [0.4, 0.5) is 11.5 Å². The summed E-state index contributed by atoms with van der Waals surface area (Å²) in [6, 6.07) is 0. The fourth-order valence-corrected chi connectivity index (χ4v) is 1.82. The molecule has 0 radical (unpaired) electrons. The monoisotopic (exact) mass is 280 g/mol. The van der Waals surface area contributed by atoms with Crippen LogP contribution in [0.3, 0.4) is 0 Å². The Balaban J connectivity index is 2.43. The zero-order valence-electron chi connectivity index (χ0n) is 10.5. The van der Waals surface area contributed by atoms with Gasteiger partial charge in [0, 0.05) is 13.2 Å². The number of aryl methyl sites for hydroxylation is 2. The molecule has 0 aliphatic carbocycles. The molecule has 0 unspecified atom stereocenters. The molecular formula is C11H13ClN6O. The van der Waals surface area contributed by atoms with E-state index in [-0.39, 0.29) is 16.7 Å². The zero-order valence-corrected chi connectivity index (χ0v) is 11.3. The molecule has 2 aromatic heterocycles. The van der Waals surface area contributed by atoms with E-state index in [0.717, 1.165) is 0 Å². The first-order valence-corrected chi connectivity index (χ1v) is 6.01. The van der Waals surface area contributed by atoms with Gasteiger partial charge >= 0.3 is 0 Å². The van der Waals surface area contributed by atoms with Gasteiger partial charge in [-0.1, -0.05) is 18.5 Å². The summed E-state index contributed by atoms with van der Waals surface area (Å²) < 4.78 is 1.61. The maximum absolute atomic E-state index is 11.4. The molecule has 1 amide bonds. The van der Waals surface area contributed by atoms with E-state index in [1.54, 1.807) is 24.1 Å². The van der Waals surface area contributed by atoms with Crippen LogP contribution in [0.1, 0.15) is 23.1 Å². The van der Waals surface area contributed by atoms with Gasteiger partial charge in [0.1, 0.15) is 0 Å². The number of hydrogen-bond acceptors (Lipinski definition) is 5. The summed E-state index contributed by atoms with van der Waals surface area (Å²) in [6.45, 7) is 1.87. The molecule has 7 nitrogen and oxygen atoms in total. The second-order valence-electron chi connectivity index (χ2n) is 3.90. The SMILES string of the molecule is CCc1nc(C(N)=O)c(Nc2cnn(C)c2)nc1Cl. The van der Waals surface area contributed by atoms with Crippen LogP contribution in [0.5, 0.6) is 0 Å². The molecule has 19 heavy (non-hydrogen) atoms. The minimum absolute atomic E-state index is 0.0603. The van der Waals surface area contributed by atoms with Crippen LogP contribution in [-0.4, -0.2) is 25.7 Å². The number of nitrogens with one attached hydrogen (secondary N) is 1. The van der Waals surface area contributed by atoms with Gasteiger partial charge in [0.2, 0.25) is 0 Å². The Labute approximate surface area is 114 Å². The number of rotatable bonds is 4.